The van der Waals surface area contributed by atoms with Gasteiger partial charge in [0.15, 0.2) is 0 Å². The molecule has 118 valence electrons. The number of thiazole rings is 1. The van der Waals surface area contributed by atoms with Crippen LogP contribution in [0.3, 0.4) is 0 Å². The Bertz CT molecular complexity index is 889. The first-order chi connectivity index (χ1) is 11.1. The zero-order chi connectivity index (χ0) is 16.4. The minimum absolute atomic E-state index is 0.0946. The lowest BCUT2D eigenvalue weighted by Crippen LogP contribution is -2.22. The summed E-state index contributed by atoms with van der Waals surface area (Å²) in [4.78, 5) is 17.7. The van der Waals surface area contributed by atoms with E-state index >= 15 is 0 Å². The van der Waals surface area contributed by atoms with E-state index < -0.39 is 0 Å². The molecular formula is C15H12Cl2N4OS. The van der Waals surface area contributed by atoms with Crippen LogP contribution in [0.2, 0.25) is 10.0 Å². The second-order valence-electron chi connectivity index (χ2n) is 4.78. The predicted molar refractivity (Wildman–Crippen MR) is 94.0 cm³/mol. The number of halogens is 2. The molecule has 3 rings (SSSR count). The number of nitrogens with zero attached hydrogens (tertiary/aromatic N) is 3. The summed E-state index contributed by atoms with van der Waals surface area (Å²) in [5, 5.41) is 7.97. The number of aromatic nitrogens is 3. The third kappa shape index (κ3) is 3.39. The zero-order valence-electron chi connectivity index (χ0n) is 12.1. The lowest BCUT2D eigenvalue weighted by atomic mass is 10.3. The Morgan fingerprint density at radius 1 is 1.26 bits per heavy atom. The van der Waals surface area contributed by atoms with E-state index in [4.69, 9.17) is 23.2 Å². The van der Waals surface area contributed by atoms with Crippen LogP contribution in [0.15, 0.2) is 40.8 Å². The molecule has 0 unspecified atom stereocenters. The molecule has 1 aromatic carbocycles. The van der Waals surface area contributed by atoms with Gasteiger partial charge in [-0.1, -0.05) is 23.2 Å². The highest BCUT2D eigenvalue weighted by Crippen LogP contribution is 2.20. The van der Waals surface area contributed by atoms with Crippen LogP contribution in [0.25, 0.3) is 5.69 Å². The van der Waals surface area contributed by atoms with Gasteiger partial charge >= 0.3 is 0 Å². The van der Waals surface area contributed by atoms with Crippen molar-refractivity contribution in [2.75, 3.05) is 5.32 Å². The minimum atomic E-state index is -0.389. The lowest BCUT2D eigenvalue weighted by molar-refractivity contribution is 0.807. The first-order valence-electron chi connectivity index (χ1n) is 6.73. The fourth-order valence-electron chi connectivity index (χ4n) is 1.99. The van der Waals surface area contributed by atoms with E-state index in [-0.39, 0.29) is 10.6 Å². The normalized spacial score (nSPS) is 10.7. The zero-order valence-corrected chi connectivity index (χ0v) is 14.4. The average molecular weight is 367 g/mol. The summed E-state index contributed by atoms with van der Waals surface area (Å²) in [6.45, 7) is 2.48. The Labute approximate surface area is 146 Å². The van der Waals surface area contributed by atoms with Crippen molar-refractivity contribution in [2.45, 2.75) is 13.5 Å². The number of aryl methyl sites for hydroxylation is 1. The Morgan fingerprint density at radius 3 is 2.65 bits per heavy atom. The van der Waals surface area contributed by atoms with E-state index in [1.165, 1.54) is 10.9 Å². The highest BCUT2D eigenvalue weighted by molar-refractivity contribution is 7.09. The maximum atomic E-state index is 12.4. The Kier molecular flexibility index (Phi) is 4.66. The van der Waals surface area contributed by atoms with Crippen molar-refractivity contribution in [3.63, 3.8) is 0 Å². The fraction of sp³-hybridized carbons (Fsp3) is 0.133. The lowest BCUT2D eigenvalue weighted by Gasteiger charge is -2.10. The molecule has 0 radical (unpaired) electrons. The van der Waals surface area contributed by atoms with Gasteiger partial charge in [-0.3, -0.25) is 4.79 Å². The van der Waals surface area contributed by atoms with Crippen molar-refractivity contribution >= 4 is 40.2 Å². The van der Waals surface area contributed by atoms with Crippen LogP contribution in [0.1, 0.15) is 10.6 Å². The van der Waals surface area contributed by atoms with Gasteiger partial charge < -0.3 is 5.32 Å². The number of hydrogen-bond donors (Lipinski definition) is 1. The van der Waals surface area contributed by atoms with Crippen LogP contribution in [0.5, 0.6) is 0 Å². The van der Waals surface area contributed by atoms with Crippen molar-refractivity contribution in [3.05, 3.63) is 66.9 Å². The Hall–Kier alpha value is -1.89. The molecule has 0 aliphatic rings. The second-order valence-corrected chi connectivity index (χ2v) is 6.53. The molecule has 0 spiro atoms. The Morgan fingerprint density at radius 2 is 2.00 bits per heavy atom. The van der Waals surface area contributed by atoms with Crippen LogP contribution in [0.4, 0.5) is 5.69 Å². The van der Waals surface area contributed by atoms with E-state index in [0.29, 0.717) is 22.9 Å². The number of rotatable bonds is 4. The molecule has 3 aromatic rings. The molecule has 0 bridgehead atoms. The van der Waals surface area contributed by atoms with Crippen LogP contribution < -0.4 is 10.9 Å². The molecule has 5 nitrogen and oxygen atoms in total. The first kappa shape index (κ1) is 16.0. The molecule has 0 atom stereocenters. The average Bonchev–Trinajstić information content (AvgIpc) is 2.95. The maximum Gasteiger partial charge on any atom is 0.292 e. The second kappa shape index (κ2) is 6.70. The van der Waals surface area contributed by atoms with Gasteiger partial charge in [0.05, 0.1) is 35.3 Å². The van der Waals surface area contributed by atoms with Gasteiger partial charge in [0.25, 0.3) is 5.56 Å². The largest absolute Gasteiger partial charge is 0.377 e. The van der Waals surface area contributed by atoms with Gasteiger partial charge in [-0.15, -0.1) is 11.3 Å². The van der Waals surface area contributed by atoms with Crippen molar-refractivity contribution in [2.24, 2.45) is 0 Å². The van der Waals surface area contributed by atoms with Gasteiger partial charge in [0.2, 0.25) is 0 Å². The van der Waals surface area contributed by atoms with Crippen molar-refractivity contribution in [1.82, 2.24) is 14.8 Å². The SMILES string of the molecule is Cc1ncsc1CNc1cnn(-c2ccc(Cl)cc2)c(=O)c1Cl. The monoisotopic (exact) mass is 366 g/mol. The van der Waals surface area contributed by atoms with E-state index in [9.17, 15) is 4.79 Å². The molecule has 23 heavy (non-hydrogen) atoms. The van der Waals surface area contributed by atoms with E-state index in [1.807, 2.05) is 6.92 Å². The summed E-state index contributed by atoms with van der Waals surface area (Å²) in [7, 11) is 0. The summed E-state index contributed by atoms with van der Waals surface area (Å²) in [6.07, 6.45) is 1.54. The predicted octanol–water partition coefficient (Wildman–Crippen LogP) is 3.92. The van der Waals surface area contributed by atoms with E-state index in [0.717, 1.165) is 10.6 Å². The maximum absolute atomic E-state index is 12.4. The quantitative estimate of drug-likeness (QED) is 0.760. The van der Waals surface area contributed by atoms with E-state index in [2.05, 4.69) is 15.4 Å². The van der Waals surface area contributed by atoms with Crippen molar-refractivity contribution < 1.29 is 0 Å². The molecule has 1 N–H and O–H groups in total. The van der Waals surface area contributed by atoms with Gasteiger partial charge in [-0.05, 0) is 31.2 Å². The number of hydrogen-bond acceptors (Lipinski definition) is 5. The standard InChI is InChI=1S/C15H12Cl2N4OS/c1-9-13(23-8-19-9)7-18-12-6-20-21(15(22)14(12)17)11-4-2-10(16)3-5-11/h2-6,8,18H,7H2,1H3. The molecule has 0 saturated heterocycles. The van der Waals surface area contributed by atoms with Gasteiger partial charge in [-0.2, -0.15) is 9.78 Å². The molecule has 0 fully saturated rings. The summed E-state index contributed by atoms with van der Waals surface area (Å²) in [6, 6.07) is 6.80. The van der Waals surface area contributed by atoms with Gasteiger partial charge in [-0.25, -0.2) is 4.98 Å². The number of benzene rings is 1. The topological polar surface area (TPSA) is 59.8 Å². The summed E-state index contributed by atoms with van der Waals surface area (Å²) in [5.41, 5.74) is 3.45. The summed E-state index contributed by atoms with van der Waals surface area (Å²) in [5.74, 6) is 0. The molecule has 2 heterocycles. The smallest absolute Gasteiger partial charge is 0.292 e. The molecule has 2 aromatic heterocycles. The minimum Gasteiger partial charge on any atom is -0.377 e. The van der Waals surface area contributed by atoms with Crippen LogP contribution in [-0.2, 0) is 6.54 Å². The molecule has 0 aliphatic heterocycles. The molecule has 0 aliphatic carbocycles. The fourth-order valence-corrected chi connectivity index (χ4v) is 3.03. The van der Waals surface area contributed by atoms with Crippen molar-refractivity contribution in [1.29, 1.82) is 0 Å². The van der Waals surface area contributed by atoms with Gasteiger partial charge in [0, 0.05) is 9.90 Å². The van der Waals surface area contributed by atoms with Crippen LogP contribution in [0, 0.1) is 6.92 Å². The molecule has 8 heteroatoms. The molecule has 0 saturated carbocycles. The Balaban J connectivity index is 1.87. The third-order valence-corrected chi connectivity index (χ3v) is 4.83. The highest BCUT2D eigenvalue weighted by Gasteiger charge is 2.11. The van der Waals surface area contributed by atoms with Crippen LogP contribution >= 0.6 is 34.5 Å². The number of anilines is 1. The first-order valence-corrected chi connectivity index (χ1v) is 8.36. The molecular weight excluding hydrogens is 355 g/mol. The van der Waals surface area contributed by atoms with Crippen molar-refractivity contribution in [3.8, 4) is 5.69 Å². The summed E-state index contributed by atoms with van der Waals surface area (Å²) >= 11 is 13.6. The van der Waals surface area contributed by atoms with E-state index in [1.54, 1.807) is 41.1 Å². The number of nitrogens with one attached hydrogen (secondary N) is 1. The summed E-state index contributed by atoms with van der Waals surface area (Å²) < 4.78 is 1.24. The third-order valence-electron chi connectivity index (χ3n) is 3.27. The van der Waals surface area contributed by atoms with Crippen LogP contribution in [-0.4, -0.2) is 14.8 Å². The molecule has 0 amide bonds. The highest BCUT2D eigenvalue weighted by atomic mass is 35.5. The van der Waals surface area contributed by atoms with Gasteiger partial charge in [0.1, 0.15) is 5.02 Å².